The molecule has 0 bridgehead atoms. The van der Waals surface area contributed by atoms with E-state index in [-0.39, 0.29) is 42.8 Å². The number of esters is 1. The predicted octanol–water partition coefficient (Wildman–Crippen LogP) is 3.07. The topological polar surface area (TPSA) is 169 Å². The molecule has 1 unspecified atom stereocenters. The van der Waals surface area contributed by atoms with Crippen LogP contribution in [0.2, 0.25) is 0 Å². The fraction of sp³-hybridized carbons (Fsp3) is 0.667. The Morgan fingerprint density at radius 2 is 1.73 bits per heavy atom. The summed E-state index contributed by atoms with van der Waals surface area (Å²) in [7, 11) is 0. The highest BCUT2D eigenvalue weighted by Crippen LogP contribution is 2.38. The molecule has 1 aliphatic rings. The van der Waals surface area contributed by atoms with Gasteiger partial charge in [-0.05, 0) is 88.5 Å². The van der Waals surface area contributed by atoms with Gasteiger partial charge in [-0.15, -0.1) is 0 Å². The Balaban J connectivity index is 1.60. The first-order valence-corrected chi connectivity index (χ1v) is 14.7. The molecule has 0 spiro atoms. The molecule has 232 valence electrons. The van der Waals surface area contributed by atoms with Crippen LogP contribution in [0, 0.1) is 11.8 Å². The third kappa shape index (κ3) is 14.4. The van der Waals surface area contributed by atoms with Gasteiger partial charge < -0.3 is 25.4 Å². The number of hydrogen-bond acceptors (Lipinski definition) is 10. The summed E-state index contributed by atoms with van der Waals surface area (Å²) in [6.45, 7) is 1.75. The zero-order valence-corrected chi connectivity index (χ0v) is 24.0. The Hall–Kier alpha value is -2.38. The van der Waals surface area contributed by atoms with Crippen molar-refractivity contribution in [2.24, 2.45) is 11.8 Å². The van der Waals surface area contributed by atoms with Crippen LogP contribution in [0.15, 0.2) is 42.5 Å². The van der Waals surface area contributed by atoms with E-state index in [1.807, 2.05) is 42.5 Å². The first-order chi connectivity index (χ1) is 19.7. The minimum atomic E-state index is -0.774. The normalized spacial score (nSPS) is 22.2. The maximum absolute atomic E-state index is 12.2. The number of carbonyl (C=O) groups is 2. The van der Waals surface area contributed by atoms with Gasteiger partial charge in [-0.2, -0.15) is 0 Å². The van der Waals surface area contributed by atoms with E-state index in [1.165, 1.54) is 5.56 Å². The summed E-state index contributed by atoms with van der Waals surface area (Å²) in [4.78, 5) is 28.6. The smallest absolute Gasteiger partial charge is 0.328 e. The Bertz CT molecular complexity index is 899. The van der Waals surface area contributed by atoms with Gasteiger partial charge in [-0.25, -0.2) is 4.79 Å². The molecule has 11 heteroatoms. The number of benzene rings is 1. The van der Waals surface area contributed by atoms with Gasteiger partial charge in [0.2, 0.25) is 5.91 Å². The number of aryl methyl sites for hydroxylation is 1. The summed E-state index contributed by atoms with van der Waals surface area (Å²) < 4.78 is 5.09. The predicted molar refractivity (Wildman–Crippen MR) is 150 cm³/mol. The van der Waals surface area contributed by atoms with Crippen LogP contribution >= 0.6 is 0 Å². The monoisotopic (exact) mass is 580 g/mol. The van der Waals surface area contributed by atoms with Crippen LogP contribution in [-0.2, 0) is 25.6 Å². The van der Waals surface area contributed by atoms with Crippen LogP contribution < -0.4 is 5.32 Å². The first kappa shape index (κ1) is 34.8. The molecule has 0 radical (unpaired) electrons. The number of nitrogens with one attached hydrogen (secondary N) is 1. The van der Waals surface area contributed by atoms with Gasteiger partial charge in [0.05, 0.1) is 36.9 Å². The minimum absolute atomic E-state index is 0.0622. The van der Waals surface area contributed by atoms with Crippen LogP contribution in [-0.4, -0.2) is 80.6 Å². The quantitative estimate of drug-likeness (QED) is 0.0583. The number of amides is 1. The molecule has 1 aromatic rings. The van der Waals surface area contributed by atoms with Gasteiger partial charge in [0.15, 0.2) is 0 Å². The zero-order valence-electron chi connectivity index (χ0n) is 24.0. The van der Waals surface area contributed by atoms with E-state index in [0.717, 1.165) is 6.42 Å². The second-order valence-corrected chi connectivity index (χ2v) is 10.8. The highest BCUT2D eigenvalue weighted by atomic mass is 17.1. The third-order valence-corrected chi connectivity index (χ3v) is 7.53. The molecule has 0 aliphatic heterocycles. The number of ether oxygens (including phenoxy) is 1. The number of allylic oxidation sites excluding steroid dienone is 2. The lowest BCUT2D eigenvalue weighted by Gasteiger charge is -2.23. The lowest BCUT2D eigenvalue weighted by atomic mass is 9.85. The Morgan fingerprint density at radius 3 is 2.46 bits per heavy atom. The SMILES string of the molecule is CC(NC(=O)CCC/C=C\C[C@@H]1[C@@H](CC[C@@H](O)CCc2ccccc2)[C@H](O)C[C@@H]1O)C(=O)OCCCCON(O)O. The molecule has 1 amide bonds. The van der Waals surface area contributed by atoms with E-state index in [0.29, 0.717) is 57.8 Å². The summed E-state index contributed by atoms with van der Waals surface area (Å²) in [5, 5.41) is 50.5. The Morgan fingerprint density at radius 1 is 1.02 bits per heavy atom. The maximum Gasteiger partial charge on any atom is 0.328 e. The summed E-state index contributed by atoms with van der Waals surface area (Å²) in [5.41, 5.74) is 1.19. The maximum atomic E-state index is 12.2. The first-order valence-electron chi connectivity index (χ1n) is 14.7. The van der Waals surface area contributed by atoms with Crippen molar-refractivity contribution in [2.45, 2.75) is 102 Å². The highest BCUT2D eigenvalue weighted by Gasteiger charge is 2.40. The summed E-state index contributed by atoms with van der Waals surface area (Å²) in [6, 6.07) is 9.27. The summed E-state index contributed by atoms with van der Waals surface area (Å²) in [6.07, 6.45) is 8.53. The highest BCUT2D eigenvalue weighted by molar-refractivity contribution is 5.84. The molecule has 1 aromatic carbocycles. The van der Waals surface area contributed by atoms with Gasteiger partial charge in [0.25, 0.3) is 0 Å². The molecule has 0 heterocycles. The lowest BCUT2D eigenvalue weighted by molar-refractivity contribution is -0.492. The number of carbonyl (C=O) groups excluding carboxylic acids is 2. The van der Waals surface area contributed by atoms with Crippen molar-refractivity contribution in [1.29, 1.82) is 0 Å². The van der Waals surface area contributed by atoms with E-state index in [4.69, 9.17) is 15.2 Å². The molecule has 0 aromatic heterocycles. The molecule has 41 heavy (non-hydrogen) atoms. The number of unbranched alkanes of at least 4 members (excludes halogenated alkanes) is 2. The Kier molecular flexibility index (Phi) is 16.7. The van der Waals surface area contributed by atoms with E-state index in [9.17, 15) is 24.9 Å². The molecule has 1 fully saturated rings. The molecule has 6 atom stereocenters. The van der Waals surface area contributed by atoms with Crippen molar-refractivity contribution >= 4 is 11.9 Å². The molecule has 6 N–H and O–H groups in total. The molecule has 0 saturated heterocycles. The van der Waals surface area contributed by atoms with Crippen LogP contribution in [0.25, 0.3) is 0 Å². The van der Waals surface area contributed by atoms with Crippen molar-refractivity contribution in [3.05, 3.63) is 48.0 Å². The third-order valence-electron chi connectivity index (χ3n) is 7.53. The van der Waals surface area contributed by atoms with Crippen LogP contribution in [0.3, 0.4) is 0 Å². The summed E-state index contributed by atoms with van der Waals surface area (Å²) >= 11 is 0. The molecular weight excluding hydrogens is 532 g/mol. The number of rotatable bonds is 20. The second kappa shape index (κ2) is 19.7. The van der Waals surface area contributed by atoms with Gasteiger partial charge in [-0.3, -0.25) is 20.0 Å². The van der Waals surface area contributed by atoms with Crippen molar-refractivity contribution in [3.63, 3.8) is 0 Å². The van der Waals surface area contributed by atoms with E-state index in [2.05, 4.69) is 10.2 Å². The second-order valence-electron chi connectivity index (χ2n) is 10.8. The number of hydrogen-bond donors (Lipinski definition) is 6. The number of aliphatic hydroxyl groups excluding tert-OH is 3. The number of aliphatic hydroxyl groups is 3. The van der Waals surface area contributed by atoms with Crippen molar-refractivity contribution in [2.75, 3.05) is 13.2 Å². The van der Waals surface area contributed by atoms with Gasteiger partial charge in [0, 0.05) is 6.42 Å². The largest absolute Gasteiger partial charge is 0.464 e. The fourth-order valence-corrected chi connectivity index (χ4v) is 5.19. The van der Waals surface area contributed by atoms with Crippen molar-refractivity contribution < 1.29 is 44.9 Å². The molecule has 11 nitrogen and oxygen atoms in total. The van der Waals surface area contributed by atoms with Crippen molar-refractivity contribution in [1.82, 2.24) is 10.7 Å². The van der Waals surface area contributed by atoms with E-state index < -0.39 is 30.3 Å². The van der Waals surface area contributed by atoms with Crippen LogP contribution in [0.1, 0.15) is 76.7 Å². The molecule has 2 rings (SSSR count). The van der Waals surface area contributed by atoms with Gasteiger partial charge in [0.1, 0.15) is 6.04 Å². The van der Waals surface area contributed by atoms with Gasteiger partial charge >= 0.3 is 5.97 Å². The van der Waals surface area contributed by atoms with E-state index >= 15 is 0 Å². The van der Waals surface area contributed by atoms with Crippen LogP contribution in [0.4, 0.5) is 0 Å². The Labute approximate surface area is 242 Å². The minimum Gasteiger partial charge on any atom is -0.464 e. The molecule has 1 aliphatic carbocycles. The fourth-order valence-electron chi connectivity index (χ4n) is 5.19. The standard InChI is InChI=1S/C30H48N2O9/c1-22(30(37)40-19-9-10-20-41-32(38)39)31-29(36)14-8-3-2-7-13-25-26(28(35)21-27(25)34)18-17-24(33)16-15-23-11-5-4-6-12-23/h2,4-7,11-12,22,24-28,33-35,38-39H,3,8-10,13-21H2,1H3,(H,31,36)/b7-2-/t22?,24-,25+,26+,27-,28+/m0/s1. The average Bonchev–Trinajstić information content (AvgIpc) is 3.21. The number of nitrogens with zero attached hydrogens (tertiary/aromatic N) is 1. The summed E-state index contributed by atoms with van der Waals surface area (Å²) in [5.74, 6) is -0.916. The molecule has 1 saturated carbocycles. The van der Waals surface area contributed by atoms with Gasteiger partial charge in [-0.1, -0.05) is 42.5 Å². The average molecular weight is 581 g/mol. The lowest BCUT2D eigenvalue weighted by Crippen LogP contribution is -2.39. The zero-order chi connectivity index (χ0) is 30.0. The van der Waals surface area contributed by atoms with E-state index in [1.54, 1.807) is 6.92 Å². The molecular formula is C30H48N2O9. The van der Waals surface area contributed by atoms with Crippen molar-refractivity contribution in [3.8, 4) is 0 Å². The van der Waals surface area contributed by atoms with Crippen LogP contribution in [0.5, 0.6) is 0 Å².